The lowest BCUT2D eigenvalue weighted by molar-refractivity contribution is -0.115. The maximum Gasteiger partial charge on any atom is 0.230 e. The van der Waals surface area contributed by atoms with Gasteiger partial charge >= 0.3 is 0 Å². The first-order valence-corrected chi connectivity index (χ1v) is 9.93. The molecule has 1 amide bonds. The lowest BCUT2D eigenvalue weighted by atomic mass is 10.00. The highest BCUT2D eigenvalue weighted by Gasteiger charge is 2.17. The van der Waals surface area contributed by atoms with Gasteiger partial charge in [0.05, 0.1) is 13.0 Å². The van der Waals surface area contributed by atoms with Crippen molar-refractivity contribution in [3.05, 3.63) is 83.7 Å². The van der Waals surface area contributed by atoms with E-state index in [1.54, 1.807) is 17.5 Å². The van der Waals surface area contributed by atoms with Crippen LogP contribution in [0.4, 0.5) is 5.69 Å². The summed E-state index contributed by atoms with van der Waals surface area (Å²) in [5.41, 5.74) is 4.98. The maximum atomic E-state index is 12.5. The molecule has 0 saturated heterocycles. The van der Waals surface area contributed by atoms with Gasteiger partial charge < -0.3 is 5.32 Å². The van der Waals surface area contributed by atoms with Crippen LogP contribution in [0.15, 0.2) is 71.9 Å². The largest absolute Gasteiger partial charge is 0.326 e. The lowest BCUT2D eigenvalue weighted by Crippen LogP contribution is -2.15. The number of benzene rings is 2. The Morgan fingerprint density at radius 3 is 2.82 bits per heavy atom. The first-order valence-electron chi connectivity index (χ1n) is 9.12. The number of amides is 1. The van der Waals surface area contributed by atoms with Crippen LogP contribution in [0.25, 0.3) is 20.5 Å². The van der Waals surface area contributed by atoms with E-state index in [1.807, 2.05) is 30.5 Å². The van der Waals surface area contributed by atoms with Crippen molar-refractivity contribution in [3.8, 4) is 10.4 Å². The Bertz CT molecular complexity index is 1180. The van der Waals surface area contributed by atoms with Gasteiger partial charge in [-0.15, -0.1) is 11.3 Å². The predicted octanol–water partition coefficient (Wildman–Crippen LogP) is 5.08. The van der Waals surface area contributed by atoms with E-state index in [4.69, 9.17) is 0 Å². The molecule has 28 heavy (non-hydrogen) atoms. The first kappa shape index (κ1) is 16.8. The molecule has 3 heterocycles. The van der Waals surface area contributed by atoms with Crippen molar-refractivity contribution in [1.82, 2.24) is 4.98 Å². The van der Waals surface area contributed by atoms with E-state index in [2.05, 4.69) is 51.7 Å². The number of carbonyl (C=O) groups is 1. The maximum absolute atomic E-state index is 12.5. The molecule has 0 saturated carbocycles. The molecule has 136 valence electrons. The average Bonchev–Trinajstić information content (AvgIpc) is 3.34. The van der Waals surface area contributed by atoms with Crippen LogP contribution in [0.1, 0.15) is 16.8 Å². The van der Waals surface area contributed by atoms with Gasteiger partial charge in [-0.1, -0.05) is 24.3 Å². The Balaban J connectivity index is 1.49. The van der Waals surface area contributed by atoms with Gasteiger partial charge in [-0.25, -0.2) is 0 Å². The molecule has 2 aromatic heterocycles. The summed E-state index contributed by atoms with van der Waals surface area (Å²) in [4.78, 5) is 22.4. The van der Waals surface area contributed by atoms with Crippen molar-refractivity contribution in [3.63, 3.8) is 0 Å². The Kier molecular flexibility index (Phi) is 4.22. The molecule has 4 aromatic rings. The third-order valence-corrected chi connectivity index (χ3v) is 5.96. The number of hydrogen-bond acceptors (Lipinski definition) is 4. The molecular formula is C23H17N3OS. The number of rotatable bonds is 4. The highest BCUT2D eigenvalue weighted by Crippen LogP contribution is 2.39. The zero-order chi connectivity index (χ0) is 18.9. The SMILES string of the molecule is O=C(Cc1ccccn1)Nc1cc2c(c(-c3cc4ccccc4s3)c1)CN=C2. The number of carbonyl (C=O) groups excluding carboxylic acids is 1. The van der Waals surface area contributed by atoms with Crippen LogP contribution in [-0.2, 0) is 17.8 Å². The van der Waals surface area contributed by atoms with Gasteiger partial charge in [0.15, 0.2) is 0 Å². The number of hydrogen-bond donors (Lipinski definition) is 1. The summed E-state index contributed by atoms with van der Waals surface area (Å²) in [7, 11) is 0. The van der Waals surface area contributed by atoms with Crippen LogP contribution in [0, 0.1) is 0 Å². The summed E-state index contributed by atoms with van der Waals surface area (Å²) in [6.07, 6.45) is 3.85. The highest BCUT2D eigenvalue weighted by molar-refractivity contribution is 7.22. The average molecular weight is 383 g/mol. The number of fused-ring (bicyclic) bond motifs is 2. The number of pyridine rings is 1. The topological polar surface area (TPSA) is 54.4 Å². The molecule has 0 atom stereocenters. The van der Waals surface area contributed by atoms with E-state index in [0.717, 1.165) is 22.5 Å². The second kappa shape index (κ2) is 7.02. The number of aliphatic imine (C=N–C) groups is 1. The summed E-state index contributed by atoms with van der Waals surface area (Å²) in [6, 6.07) is 20.3. The molecule has 1 N–H and O–H groups in total. The zero-order valence-electron chi connectivity index (χ0n) is 15.1. The van der Waals surface area contributed by atoms with Crippen molar-refractivity contribution in [1.29, 1.82) is 0 Å². The minimum absolute atomic E-state index is 0.0733. The number of thiophene rings is 1. The normalized spacial score (nSPS) is 12.3. The van der Waals surface area contributed by atoms with Gasteiger partial charge in [0.25, 0.3) is 0 Å². The van der Waals surface area contributed by atoms with Crippen molar-refractivity contribution < 1.29 is 4.79 Å². The van der Waals surface area contributed by atoms with E-state index in [9.17, 15) is 4.79 Å². The fourth-order valence-corrected chi connectivity index (χ4v) is 4.61. The predicted molar refractivity (Wildman–Crippen MR) is 115 cm³/mol. The summed E-state index contributed by atoms with van der Waals surface area (Å²) >= 11 is 1.77. The summed E-state index contributed by atoms with van der Waals surface area (Å²) < 4.78 is 1.26. The minimum atomic E-state index is -0.0733. The number of anilines is 1. The molecular weight excluding hydrogens is 366 g/mol. The van der Waals surface area contributed by atoms with E-state index in [1.165, 1.54) is 20.5 Å². The van der Waals surface area contributed by atoms with E-state index in [0.29, 0.717) is 6.54 Å². The Hall–Kier alpha value is -3.31. The molecule has 2 aromatic carbocycles. The fraction of sp³-hybridized carbons (Fsp3) is 0.0870. The molecule has 0 aliphatic carbocycles. The second-order valence-corrected chi connectivity index (χ2v) is 7.84. The van der Waals surface area contributed by atoms with Crippen molar-refractivity contribution >= 4 is 39.2 Å². The van der Waals surface area contributed by atoms with E-state index in [-0.39, 0.29) is 12.3 Å². The summed E-state index contributed by atoms with van der Waals surface area (Å²) in [6.45, 7) is 0.682. The van der Waals surface area contributed by atoms with Gasteiger partial charge in [-0.05, 0) is 52.9 Å². The van der Waals surface area contributed by atoms with Gasteiger partial charge in [-0.3, -0.25) is 14.8 Å². The van der Waals surface area contributed by atoms with Crippen molar-refractivity contribution in [2.24, 2.45) is 4.99 Å². The molecule has 0 radical (unpaired) electrons. The molecule has 4 nitrogen and oxygen atoms in total. The molecule has 5 rings (SSSR count). The van der Waals surface area contributed by atoms with Crippen LogP contribution in [0.3, 0.4) is 0 Å². The highest BCUT2D eigenvalue weighted by atomic mass is 32.1. The van der Waals surface area contributed by atoms with Crippen LogP contribution in [0.5, 0.6) is 0 Å². The Labute approximate surface area is 166 Å². The lowest BCUT2D eigenvalue weighted by Gasteiger charge is -2.11. The van der Waals surface area contributed by atoms with Crippen LogP contribution in [0.2, 0.25) is 0 Å². The number of aromatic nitrogens is 1. The molecule has 1 aliphatic heterocycles. The molecule has 0 fully saturated rings. The summed E-state index contributed by atoms with van der Waals surface area (Å²) in [5, 5.41) is 4.26. The van der Waals surface area contributed by atoms with Gasteiger partial charge in [0.2, 0.25) is 5.91 Å². The molecule has 0 spiro atoms. The summed E-state index contributed by atoms with van der Waals surface area (Å²) in [5.74, 6) is -0.0733. The van der Waals surface area contributed by atoms with E-state index < -0.39 is 0 Å². The van der Waals surface area contributed by atoms with Gasteiger partial charge in [0.1, 0.15) is 0 Å². The molecule has 1 aliphatic rings. The van der Waals surface area contributed by atoms with Crippen molar-refractivity contribution in [2.45, 2.75) is 13.0 Å². The van der Waals surface area contributed by atoms with Crippen LogP contribution >= 0.6 is 11.3 Å². The zero-order valence-corrected chi connectivity index (χ0v) is 15.9. The smallest absolute Gasteiger partial charge is 0.230 e. The fourth-order valence-electron chi connectivity index (χ4n) is 3.50. The Morgan fingerprint density at radius 1 is 1.07 bits per heavy atom. The number of nitrogens with zero attached hydrogens (tertiary/aromatic N) is 2. The molecule has 0 unspecified atom stereocenters. The van der Waals surface area contributed by atoms with Crippen molar-refractivity contribution in [2.75, 3.05) is 5.32 Å². The first-order chi connectivity index (χ1) is 13.8. The quantitative estimate of drug-likeness (QED) is 0.534. The van der Waals surface area contributed by atoms with Crippen LogP contribution in [-0.4, -0.2) is 17.1 Å². The molecule has 5 heteroatoms. The van der Waals surface area contributed by atoms with Gasteiger partial charge in [0, 0.05) is 38.9 Å². The van der Waals surface area contributed by atoms with E-state index >= 15 is 0 Å². The molecule has 0 bridgehead atoms. The van der Waals surface area contributed by atoms with Crippen LogP contribution < -0.4 is 5.32 Å². The standard InChI is InChI=1S/C23H17N3OS/c27-23(12-17-6-3-4-8-25-17)26-18-9-16-13-24-14-20(16)19(11-18)22-10-15-5-1-2-7-21(15)28-22/h1-11,13H,12,14H2,(H,26,27). The third kappa shape index (κ3) is 3.21. The number of nitrogens with one attached hydrogen (secondary N) is 1. The minimum Gasteiger partial charge on any atom is -0.326 e. The second-order valence-electron chi connectivity index (χ2n) is 6.76. The third-order valence-electron chi connectivity index (χ3n) is 4.81. The van der Waals surface area contributed by atoms with Gasteiger partial charge in [-0.2, -0.15) is 0 Å². The monoisotopic (exact) mass is 383 g/mol. The Morgan fingerprint density at radius 2 is 1.96 bits per heavy atom.